The number of aryl methyl sites for hydroxylation is 1. The molecule has 0 aromatic carbocycles. The highest BCUT2D eigenvalue weighted by atomic mass is 19.4. The number of halogens is 3. The molecule has 0 aliphatic carbocycles. The van der Waals surface area contributed by atoms with Gasteiger partial charge in [-0.1, -0.05) is 13.0 Å². The number of nitrogens with zero attached hydrogens (tertiary/aromatic N) is 3. The van der Waals surface area contributed by atoms with Crippen LogP contribution < -0.4 is 10.2 Å². The zero-order valence-electron chi connectivity index (χ0n) is 18.8. The Hall–Kier alpha value is -3.65. The summed E-state index contributed by atoms with van der Waals surface area (Å²) >= 11 is 0. The van der Waals surface area contributed by atoms with E-state index in [-0.39, 0.29) is 35.1 Å². The maximum atomic E-state index is 12.9. The third kappa shape index (κ3) is 7.18. The van der Waals surface area contributed by atoms with Gasteiger partial charge >= 0.3 is 12.2 Å². The number of pyridine rings is 1. The molecule has 0 saturated carbocycles. The van der Waals surface area contributed by atoms with Crippen molar-refractivity contribution < 1.29 is 32.6 Å². The summed E-state index contributed by atoms with van der Waals surface area (Å²) in [6, 6.07) is 2.81. The molecule has 1 aliphatic rings. The summed E-state index contributed by atoms with van der Waals surface area (Å²) in [5.41, 5.74) is 1.06. The van der Waals surface area contributed by atoms with Crippen LogP contribution in [0.15, 0.2) is 41.3 Å². The van der Waals surface area contributed by atoms with Gasteiger partial charge in [0.2, 0.25) is 0 Å². The molecule has 11 heteroatoms. The minimum atomic E-state index is -4.61. The van der Waals surface area contributed by atoms with Crippen molar-refractivity contribution in [3.63, 3.8) is 0 Å². The average Bonchev–Trinajstić information content (AvgIpc) is 2.80. The third-order valence-electron chi connectivity index (χ3n) is 4.75. The highest BCUT2D eigenvalue weighted by molar-refractivity contribution is 5.93. The van der Waals surface area contributed by atoms with Crippen LogP contribution in [0.5, 0.6) is 0 Å². The fraction of sp³-hybridized carbons (Fsp3) is 0.391. The van der Waals surface area contributed by atoms with E-state index in [1.807, 2.05) is 0 Å². The van der Waals surface area contributed by atoms with Crippen molar-refractivity contribution in [2.75, 3.05) is 18.1 Å². The lowest BCUT2D eigenvalue weighted by Gasteiger charge is -2.29. The Labute approximate surface area is 195 Å². The Bertz CT molecular complexity index is 1060. The van der Waals surface area contributed by atoms with Crippen LogP contribution >= 0.6 is 0 Å². The summed E-state index contributed by atoms with van der Waals surface area (Å²) < 4.78 is 42.9. The summed E-state index contributed by atoms with van der Waals surface area (Å²) in [6.07, 6.45) is 1.73. The Morgan fingerprint density at radius 3 is 2.76 bits per heavy atom. The fourth-order valence-electron chi connectivity index (χ4n) is 3.22. The predicted molar refractivity (Wildman–Crippen MR) is 118 cm³/mol. The van der Waals surface area contributed by atoms with Crippen molar-refractivity contribution in [2.45, 2.75) is 45.9 Å². The van der Waals surface area contributed by atoms with Gasteiger partial charge in [-0.2, -0.15) is 18.4 Å². The smallest absolute Gasteiger partial charge is 0.422 e. The molecule has 1 aromatic rings. The zero-order valence-corrected chi connectivity index (χ0v) is 18.8. The molecule has 0 atom stereocenters. The number of carbonyl (C=O) groups excluding carboxylic acids is 2. The van der Waals surface area contributed by atoms with Crippen molar-refractivity contribution in [1.29, 1.82) is 5.26 Å². The number of anilines is 1. The minimum Gasteiger partial charge on any atom is -0.483 e. The number of hydrogen-bond donors (Lipinski definition) is 2. The molecule has 0 radical (unpaired) electrons. The first-order chi connectivity index (χ1) is 16.1. The highest BCUT2D eigenvalue weighted by Crippen LogP contribution is 2.27. The van der Waals surface area contributed by atoms with Gasteiger partial charge in [0.05, 0.1) is 12.2 Å². The largest absolute Gasteiger partial charge is 0.483 e. The van der Waals surface area contributed by atoms with E-state index in [1.54, 1.807) is 25.1 Å². The second-order valence-electron chi connectivity index (χ2n) is 7.41. The number of aldehydes is 1. The molecule has 2 amide bonds. The first kappa shape index (κ1) is 26.6. The summed E-state index contributed by atoms with van der Waals surface area (Å²) in [5.74, 6) is -0.0705. The lowest BCUT2D eigenvalue weighted by atomic mass is 10.0. The number of carbonyl (C=O) groups is 2. The number of hydrogen-bond acceptors (Lipinski definition) is 6. The van der Waals surface area contributed by atoms with E-state index < -0.39 is 18.8 Å². The summed E-state index contributed by atoms with van der Waals surface area (Å²) in [7, 11) is 0. The standard InChI is InChI=1S/C23H25F3N4O4/c1-3-4-6-17(11-27)20(34-14-23(24,25)26)9-15(2)28-22(33)30-8-5-7-16-10-18(12-31)19(13-32)29-21(16)30/h4,6,9-10,13,31H,3,5,7-8,12,14H2,1-2H3,(H,28,33)/b6-4+,15-9+,20-17-. The number of alkyl halides is 3. The molecule has 8 nitrogen and oxygen atoms in total. The predicted octanol–water partition coefficient (Wildman–Crippen LogP) is 4.08. The molecular formula is C23H25F3N4O4. The summed E-state index contributed by atoms with van der Waals surface area (Å²) in [6.45, 7) is 1.57. The molecule has 1 aromatic heterocycles. The molecule has 0 unspecified atom stereocenters. The highest BCUT2D eigenvalue weighted by Gasteiger charge is 2.29. The van der Waals surface area contributed by atoms with Crippen LogP contribution in [0.25, 0.3) is 0 Å². The SMILES string of the molecule is CC/C=C/C(C#N)=C(\C=C(/C)NC(=O)N1CCCc2cc(CO)c(C=O)nc21)OCC(F)(F)F. The van der Waals surface area contributed by atoms with E-state index in [2.05, 4.69) is 10.3 Å². The van der Waals surface area contributed by atoms with Gasteiger partial charge < -0.3 is 15.2 Å². The van der Waals surface area contributed by atoms with E-state index in [0.29, 0.717) is 43.2 Å². The molecule has 0 bridgehead atoms. The first-order valence-electron chi connectivity index (χ1n) is 10.5. The van der Waals surface area contributed by atoms with Crippen LogP contribution in [0.2, 0.25) is 0 Å². The molecule has 0 spiro atoms. The number of fused-ring (bicyclic) bond motifs is 1. The number of aliphatic hydroxyl groups is 1. The van der Waals surface area contributed by atoms with Gasteiger partial charge in [0.25, 0.3) is 0 Å². The number of rotatable bonds is 8. The maximum absolute atomic E-state index is 12.9. The summed E-state index contributed by atoms with van der Waals surface area (Å²) in [5, 5.41) is 21.3. The topological polar surface area (TPSA) is 116 Å². The van der Waals surface area contributed by atoms with E-state index >= 15 is 0 Å². The van der Waals surface area contributed by atoms with Crippen LogP contribution in [-0.2, 0) is 17.8 Å². The molecule has 2 rings (SSSR count). The third-order valence-corrected chi connectivity index (χ3v) is 4.75. The van der Waals surface area contributed by atoms with Gasteiger partial charge in [-0.15, -0.1) is 0 Å². The van der Waals surface area contributed by atoms with E-state index in [1.165, 1.54) is 17.9 Å². The summed E-state index contributed by atoms with van der Waals surface area (Å²) in [4.78, 5) is 29.8. The Morgan fingerprint density at radius 2 is 2.18 bits per heavy atom. The van der Waals surface area contributed by atoms with Crippen molar-refractivity contribution in [3.05, 3.63) is 58.1 Å². The fourth-order valence-corrected chi connectivity index (χ4v) is 3.22. The number of allylic oxidation sites excluding steroid dienone is 5. The van der Waals surface area contributed by atoms with E-state index in [4.69, 9.17) is 4.74 Å². The molecule has 2 N–H and O–H groups in total. The van der Waals surface area contributed by atoms with Gasteiger partial charge in [-0.25, -0.2) is 9.78 Å². The number of amides is 2. The maximum Gasteiger partial charge on any atom is 0.422 e. The monoisotopic (exact) mass is 478 g/mol. The van der Waals surface area contributed by atoms with Gasteiger partial charge in [0.1, 0.15) is 23.3 Å². The van der Waals surface area contributed by atoms with Crippen LogP contribution in [-0.4, -0.2) is 41.7 Å². The van der Waals surface area contributed by atoms with Crippen LogP contribution in [0.3, 0.4) is 0 Å². The number of nitrogens with one attached hydrogen (secondary N) is 1. The van der Waals surface area contributed by atoms with Crippen LogP contribution in [0, 0.1) is 11.3 Å². The first-order valence-corrected chi connectivity index (χ1v) is 10.5. The molecule has 1 aliphatic heterocycles. The Kier molecular flexibility index (Phi) is 9.38. The molecular weight excluding hydrogens is 453 g/mol. The lowest BCUT2D eigenvalue weighted by molar-refractivity contribution is -0.163. The van der Waals surface area contributed by atoms with Gasteiger partial charge in [0.15, 0.2) is 12.9 Å². The number of urea groups is 1. The van der Waals surface area contributed by atoms with Gasteiger partial charge in [0, 0.05) is 23.9 Å². The number of nitriles is 1. The van der Waals surface area contributed by atoms with Crippen molar-refractivity contribution in [2.24, 2.45) is 0 Å². The quantitative estimate of drug-likeness (QED) is 0.252. The molecule has 34 heavy (non-hydrogen) atoms. The molecule has 0 fully saturated rings. The van der Waals surface area contributed by atoms with Crippen LogP contribution in [0.1, 0.15) is 48.3 Å². The zero-order chi connectivity index (χ0) is 25.3. The number of ether oxygens (including phenoxy) is 1. The minimum absolute atomic E-state index is 0.0142. The Balaban J connectivity index is 2.33. The van der Waals surface area contributed by atoms with Crippen LogP contribution in [0.4, 0.5) is 23.8 Å². The van der Waals surface area contributed by atoms with Crippen molar-refractivity contribution in [1.82, 2.24) is 10.3 Å². The second kappa shape index (κ2) is 12.0. The van der Waals surface area contributed by atoms with E-state index in [9.17, 15) is 33.1 Å². The number of aromatic nitrogens is 1. The van der Waals surface area contributed by atoms with E-state index in [0.717, 1.165) is 6.08 Å². The molecule has 2 heterocycles. The van der Waals surface area contributed by atoms with Gasteiger partial charge in [-0.3, -0.25) is 9.69 Å². The molecule has 182 valence electrons. The molecule has 0 saturated heterocycles. The Morgan fingerprint density at radius 1 is 1.44 bits per heavy atom. The second-order valence-corrected chi connectivity index (χ2v) is 7.41. The van der Waals surface area contributed by atoms with Gasteiger partial charge in [-0.05, 0) is 43.9 Å². The average molecular weight is 478 g/mol. The normalized spacial score (nSPS) is 14.9. The van der Waals surface area contributed by atoms with Crippen molar-refractivity contribution >= 4 is 18.1 Å². The lowest BCUT2D eigenvalue weighted by Crippen LogP contribution is -2.43. The van der Waals surface area contributed by atoms with Crippen molar-refractivity contribution in [3.8, 4) is 6.07 Å². The number of aliphatic hydroxyl groups excluding tert-OH is 1.